The molecular weight excluding hydrogens is 276 g/mol. The van der Waals surface area contributed by atoms with E-state index in [0.717, 1.165) is 4.57 Å². The predicted molar refractivity (Wildman–Crippen MR) is 76.3 cm³/mol. The molecule has 8 nitrogen and oxygen atoms in total. The second-order valence-electron chi connectivity index (χ2n) is 5.41. The van der Waals surface area contributed by atoms with Gasteiger partial charge in [-0.25, -0.2) is 9.78 Å². The molecule has 0 bridgehead atoms. The highest BCUT2D eigenvalue weighted by atomic mass is 16.4. The molecule has 0 amide bonds. The zero-order valence-corrected chi connectivity index (χ0v) is 12.2. The summed E-state index contributed by atoms with van der Waals surface area (Å²) in [5, 5.41) is 8.75. The highest BCUT2D eigenvalue weighted by Crippen LogP contribution is 2.09. The fourth-order valence-corrected chi connectivity index (χ4v) is 2.22. The normalized spacial score (nSPS) is 11.4. The molecule has 0 unspecified atom stereocenters. The van der Waals surface area contributed by atoms with Crippen LogP contribution in [0.2, 0.25) is 0 Å². The van der Waals surface area contributed by atoms with E-state index in [1.54, 1.807) is 0 Å². The highest BCUT2D eigenvalue weighted by Gasteiger charge is 2.17. The summed E-state index contributed by atoms with van der Waals surface area (Å²) in [4.78, 5) is 39.3. The summed E-state index contributed by atoms with van der Waals surface area (Å²) in [6.45, 7) is 4.51. The van der Waals surface area contributed by atoms with E-state index in [9.17, 15) is 14.4 Å². The molecule has 2 heterocycles. The molecule has 0 atom stereocenters. The van der Waals surface area contributed by atoms with Gasteiger partial charge in [-0.3, -0.25) is 18.7 Å². The molecule has 8 heteroatoms. The number of aromatic nitrogens is 4. The minimum Gasteiger partial charge on any atom is -0.481 e. The Bertz CT molecular complexity index is 797. The molecule has 0 fully saturated rings. The molecule has 1 N–H and O–H groups in total. The van der Waals surface area contributed by atoms with Crippen molar-refractivity contribution >= 4 is 17.1 Å². The van der Waals surface area contributed by atoms with Crippen molar-refractivity contribution in [2.75, 3.05) is 0 Å². The van der Waals surface area contributed by atoms with E-state index in [1.807, 2.05) is 13.8 Å². The van der Waals surface area contributed by atoms with Gasteiger partial charge in [-0.1, -0.05) is 13.8 Å². The highest BCUT2D eigenvalue weighted by molar-refractivity contribution is 5.71. The molecule has 0 radical (unpaired) electrons. The molecule has 0 aliphatic carbocycles. The number of rotatable bonds is 5. The first-order valence-electron chi connectivity index (χ1n) is 6.69. The van der Waals surface area contributed by atoms with Crippen molar-refractivity contribution in [3.63, 3.8) is 0 Å². The van der Waals surface area contributed by atoms with Gasteiger partial charge < -0.3 is 9.67 Å². The summed E-state index contributed by atoms with van der Waals surface area (Å²) in [6.07, 6.45) is 1.29. The minimum atomic E-state index is -0.954. The standard InChI is InChI=1S/C13H18N4O4/c1-8(2)6-17-11-10(12(20)15(3)13(17)21)16(7-14-11)5-4-9(18)19/h7-8H,4-6H2,1-3H3,(H,18,19). The number of carboxylic acids is 1. The van der Waals surface area contributed by atoms with Crippen LogP contribution in [0.25, 0.3) is 11.2 Å². The monoisotopic (exact) mass is 294 g/mol. The van der Waals surface area contributed by atoms with Crippen LogP contribution < -0.4 is 11.2 Å². The lowest BCUT2D eigenvalue weighted by Crippen LogP contribution is -2.39. The third-order valence-corrected chi connectivity index (χ3v) is 3.21. The number of nitrogens with zero attached hydrogens (tertiary/aromatic N) is 4. The van der Waals surface area contributed by atoms with Gasteiger partial charge in [0.05, 0.1) is 12.7 Å². The fraction of sp³-hybridized carbons (Fsp3) is 0.538. The molecule has 114 valence electrons. The lowest BCUT2D eigenvalue weighted by molar-refractivity contribution is -0.137. The summed E-state index contributed by atoms with van der Waals surface area (Å²) >= 11 is 0. The van der Waals surface area contributed by atoms with E-state index < -0.39 is 17.2 Å². The molecular formula is C13H18N4O4. The zero-order chi connectivity index (χ0) is 15.7. The molecule has 2 aromatic rings. The van der Waals surface area contributed by atoms with Crippen molar-refractivity contribution < 1.29 is 9.90 Å². The van der Waals surface area contributed by atoms with Crippen LogP contribution in [0, 0.1) is 5.92 Å². The Hall–Kier alpha value is -2.38. The first-order valence-corrected chi connectivity index (χ1v) is 6.69. The number of hydrogen-bond donors (Lipinski definition) is 1. The molecule has 0 spiro atoms. The van der Waals surface area contributed by atoms with Crippen molar-refractivity contribution in [3.05, 3.63) is 27.2 Å². The Morgan fingerprint density at radius 2 is 2.05 bits per heavy atom. The van der Waals surface area contributed by atoms with E-state index >= 15 is 0 Å². The molecule has 0 saturated heterocycles. The SMILES string of the molecule is CC(C)Cn1c(=O)n(C)c(=O)c2c1ncn2CCC(=O)O. The third-order valence-electron chi connectivity index (χ3n) is 3.21. The topological polar surface area (TPSA) is 99.1 Å². The van der Waals surface area contributed by atoms with Gasteiger partial charge in [-0.05, 0) is 5.92 Å². The Morgan fingerprint density at radius 1 is 1.38 bits per heavy atom. The van der Waals surface area contributed by atoms with Gasteiger partial charge in [0.15, 0.2) is 11.2 Å². The summed E-state index contributed by atoms with van der Waals surface area (Å²) in [5.41, 5.74) is -0.302. The number of hydrogen-bond acceptors (Lipinski definition) is 4. The molecule has 2 aromatic heterocycles. The molecule has 0 saturated carbocycles. The average molecular weight is 294 g/mol. The summed E-state index contributed by atoms with van der Waals surface area (Å²) in [5.74, 6) is -0.739. The molecule has 0 aromatic carbocycles. The zero-order valence-electron chi connectivity index (χ0n) is 12.2. The van der Waals surface area contributed by atoms with Crippen molar-refractivity contribution in [2.24, 2.45) is 13.0 Å². The summed E-state index contributed by atoms with van der Waals surface area (Å²) in [6, 6.07) is 0. The van der Waals surface area contributed by atoms with Crippen LogP contribution in [0.5, 0.6) is 0 Å². The number of imidazole rings is 1. The van der Waals surface area contributed by atoms with Crippen molar-refractivity contribution in [3.8, 4) is 0 Å². The number of aliphatic carboxylic acids is 1. The van der Waals surface area contributed by atoms with Crippen molar-refractivity contribution in [2.45, 2.75) is 33.4 Å². The predicted octanol–water partition coefficient (Wildman–Crippen LogP) is 0.0274. The minimum absolute atomic E-state index is 0.113. The van der Waals surface area contributed by atoms with Crippen LogP contribution in [0.3, 0.4) is 0 Å². The second kappa shape index (κ2) is 5.55. The van der Waals surface area contributed by atoms with E-state index in [0.29, 0.717) is 12.2 Å². The van der Waals surface area contributed by atoms with Crippen molar-refractivity contribution in [1.82, 2.24) is 18.7 Å². The lowest BCUT2D eigenvalue weighted by atomic mass is 10.2. The summed E-state index contributed by atoms with van der Waals surface area (Å²) < 4.78 is 3.98. The van der Waals surface area contributed by atoms with Crippen LogP contribution in [0.1, 0.15) is 20.3 Å². The Kier molecular flexibility index (Phi) is 3.97. The average Bonchev–Trinajstić information content (AvgIpc) is 2.82. The maximum Gasteiger partial charge on any atom is 0.332 e. The Morgan fingerprint density at radius 3 is 2.62 bits per heavy atom. The van der Waals surface area contributed by atoms with Gasteiger partial charge in [0.1, 0.15) is 0 Å². The lowest BCUT2D eigenvalue weighted by Gasteiger charge is -2.11. The maximum atomic E-state index is 12.3. The van der Waals surface area contributed by atoms with Crippen LogP contribution in [0.4, 0.5) is 0 Å². The number of carboxylic acid groups (broad SMARTS) is 1. The molecule has 21 heavy (non-hydrogen) atoms. The Balaban J connectivity index is 2.68. The van der Waals surface area contributed by atoms with Crippen molar-refractivity contribution in [1.29, 1.82) is 0 Å². The van der Waals surface area contributed by atoms with E-state index in [4.69, 9.17) is 5.11 Å². The van der Waals surface area contributed by atoms with E-state index in [1.165, 1.54) is 22.5 Å². The number of carbonyl (C=O) groups is 1. The van der Waals surface area contributed by atoms with Crippen LogP contribution in [-0.4, -0.2) is 29.8 Å². The summed E-state index contributed by atoms with van der Waals surface area (Å²) in [7, 11) is 1.41. The largest absolute Gasteiger partial charge is 0.481 e. The van der Waals surface area contributed by atoms with E-state index in [2.05, 4.69) is 4.98 Å². The third kappa shape index (κ3) is 2.74. The molecule has 0 aliphatic heterocycles. The number of aryl methyl sites for hydroxylation is 1. The fourth-order valence-electron chi connectivity index (χ4n) is 2.22. The second-order valence-corrected chi connectivity index (χ2v) is 5.41. The van der Waals surface area contributed by atoms with Gasteiger partial charge in [-0.15, -0.1) is 0 Å². The van der Waals surface area contributed by atoms with Crippen LogP contribution >= 0.6 is 0 Å². The van der Waals surface area contributed by atoms with E-state index in [-0.39, 0.29) is 24.4 Å². The van der Waals surface area contributed by atoms with Gasteiger partial charge in [-0.2, -0.15) is 0 Å². The molecule has 0 aliphatic rings. The quantitative estimate of drug-likeness (QED) is 0.838. The van der Waals surface area contributed by atoms with Gasteiger partial charge in [0.2, 0.25) is 0 Å². The first kappa shape index (κ1) is 15.0. The Labute approximate surface area is 120 Å². The first-order chi connectivity index (χ1) is 9.82. The smallest absolute Gasteiger partial charge is 0.332 e. The van der Waals surface area contributed by atoms with Gasteiger partial charge in [0.25, 0.3) is 5.56 Å². The number of fused-ring (bicyclic) bond motifs is 1. The molecule has 2 rings (SSSR count). The van der Waals surface area contributed by atoms with Gasteiger partial charge >= 0.3 is 11.7 Å². The van der Waals surface area contributed by atoms with Crippen LogP contribution in [-0.2, 0) is 24.9 Å². The van der Waals surface area contributed by atoms with Gasteiger partial charge in [0, 0.05) is 20.1 Å². The maximum absolute atomic E-state index is 12.3. The van der Waals surface area contributed by atoms with Crippen LogP contribution in [0.15, 0.2) is 15.9 Å².